The highest BCUT2D eigenvalue weighted by Crippen LogP contribution is 2.35. The molecule has 1 aliphatic heterocycles. The molecule has 2 atom stereocenters. The van der Waals surface area contributed by atoms with Crippen molar-refractivity contribution in [2.45, 2.75) is 18.6 Å². The molecule has 6 heteroatoms. The van der Waals surface area contributed by atoms with Crippen LogP contribution in [0.15, 0.2) is 36.4 Å². The minimum Gasteiger partial charge on any atom is -0.390 e. The van der Waals surface area contributed by atoms with Crippen LogP contribution in [0.1, 0.15) is 12.5 Å². The molecule has 2 aromatic carbocycles. The summed E-state index contributed by atoms with van der Waals surface area (Å²) < 4.78 is 29.3. The van der Waals surface area contributed by atoms with E-state index in [1.54, 1.807) is 12.1 Å². The molecule has 1 saturated heterocycles. The van der Waals surface area contributed by atoms with Crippen LogP contribution in [0.2, 0.25) is 0 Å². The van der Waals surface area contributed by atoms with Gasteiger partial charge in [-0.15, -0.1) is 12.4 Å². The molecule has 23 heavy (non-hydrogen) atoms. The highest BCUT2D eigenvalue weighted by molar-refractivity contribution is 6.08. The molecule has 0 spiro atoms. The Morgan fingerprint density at radius 2 is 1.57 bits per heavy atom. The Labute approximate surface area is 138 Å². The molecular formula is C17H17ClF2N2O. The maximum absolute atomic E-state index is 13.6. The van der Waals surface area contributed by atoms with Crippen LogP contribution in [0.5, 0.6) is 0 Å². The number of rotatable bonds is 1. The third-order valence-corrected chi connectivity index (χ3v) is 4.47. The summed E-state index contributed by atoms with van der Waals surface area (Å²) in [5.41, 5.74) is 1.65. The summed E-state index contributed by atoms with van der Waals surface area (Å²) >= 11 is 0. The number of nitrogens with one attached hydrogen (secondary N) is 1. The monoisotopic (exact) mass is 338 g/mol. The van der Waals surface area contributed by atoms with Gasteiger partial charge in [-0.05, 0) is 49.4 Å². The van der Waals surface area contributed by atoms with E-state index in [0.29, 0.717) is 17.3 Å². The molecule has 122 valence electrons. The number of hydrogen-bond acceptors (Lipinski definition) is 2. The van der Waals surface area contributed by atoms with E-state index in [0.717, 1.165) is 24.0 Å². The number of benzene rings is 2. The lowest BCUT2D eigenvalue weighted by atomic mass is 10.0. The molecule has 1 fully saturated rings. The number of aliphatic hydroxyl groups excluding tert-OH is 1. The molecule has 0 unspecified atom stereocenters. The zero-order valence-electron chi connectivity index (χ0n) is 12.3. The maximum Gasteiger partial charge on any atom is 0.123 e. The van der Waals surface area contributed by atoms with Crippen molar-refractivity contribution < 1.29 is 13.9 Å². The number of nitrogens with zero attached hydrogens (tertiary/aromatic N) is 1. The third kappa shape index (κ3) is 2.59. The van der Waals surface area contributed by atoms with Crippen molar-refractivity contribution in [3.63, 3.8) is 0 Å². The topological polar surface area (TPSA) is 37.2 Å². The van der Waals surface area contributed by atoms with Crippen LogP contribution in [-0.4, -0.2) is 28.9 Å². The lowest BCUT2D eigenvalue weighted by Gasteiger charge is -2.31. The number of hydrogen-bond donors (Lipinski definition) is 2. The zero-order valence-corrected chi connectivity index (χ0v) is 13.1. The highest BCUT2D eigenvalue weighted by Gasteiger charge is 2.27. The molecule has 0 saturated carbocycles. The summed E-state index contributed by atoms with van der Waals surface area (Å²) in [6.07, 6.45) is 0.247. The largest absolute Gasteiger partial charge is 0.390 e. The average molecular weight is 339 g/mol. The first kappa shape index (κ1) is 16.2. The van der Waals surface area contributed by atoms with E-state index in [4.69, 9.17) is 0 Å². The van der Waals surface area contributed by atoms with Gasteiger partial charge in [0.2, 0.25) is 0 Å². The summed E-state index contributed by atoms with van der Waals surface area (Å²) in [6.45, 7) is 1.33. The van der Waals surface area contributed by atoms with E-state index in [1.807, 2.05) is 4.57 Å². The second-order valence-corrected chi connectivity index (χ2v) is 5.82. The second kappa shape index (κ2) is 6.07. The Hall–Kier alpha value is -1.69. The fourth-order valence-corrected chi connectivity index (χ4v) is 3.48. The molecule has 0 aliphatic carbocycles. The summed E-state index contributed by atoms with van der Waals surface area (Å²) in [6, 6.07) is 8.98. The van der Waals surface area contributed by atoms with Crippen LogP contribution in [0.4, 0.5) is 8.78 Å². The minimum absolute atomic E-state index is 0. The lowest BCUT2D eigenvalue weighted by molar-refractivity contribution is 0.0913. The normalized spacial score (nSPS) is 21.5. The Kier molecular flexibility index (Phi) is 4.27. The van der Waals surface area contributed by atoms with Gasteiger partial charge in [0.05, 0.1) is 12.1 Å². The Balaban J connectivity index is 0.00000156. The van der Waals surface area contributed by atoms with Gasteiger partial charge in [0.1, 0.15) is 11.6 Å². The summed E-state index contributed by atoms with van der Waals surface area (Å²) in [7, 11) is 0. The predicted molar refractivity (Wildman–Crippen MR) is 89.1 cm³/mol. The van der Waals surface area contributed by atoms with Crippen LogP contribution in [-0.2, 0) is 0 Å². The van der Waals surface area contributed by atoms with Crippen LogP contribution in [0.3, 0.4) is 0 Å². The zero-order chi connectivity index (χ0) is 15.3. The van der Waals surface area contributed by atoms with Crippen LogP contribution in [0.25, 0.3) is 21.8 Å². The van der Waals surface area contributed by atoms with Gasteiger partial charge >= 0.3 is 0 Å². The quantitative estimate of drug-likeness (QED) is 0.713. The molecule has 0 radical (unpaired) electrons. The Bertz CT molecular complexity index is 805. The molecule has 1 aliphatic rings. The first-order chi connectivity index (χ1) is 10.6. The molecule has 2 heterocycles. The molecule has 3 nitrogen and oxygen atoms in total. The predicted octanol–water partition coefficient (Wildman–Crippen LogP) is 3.39. The first-order valence-corrected chi connectivity index (χ1v) is 7.42. The summed E-state index contributed by atoms with van der Waals surface area (Å²) in [5.74, 6) is -0.691. The molecule has 1 aromatic heterocycles. The highest BCUT2D eigenvalue weighted by atomic mass is 35.5. The van der Waals surface area contributed by atoms with E-state index in [-0.39, 0.29) is 30.1 Å². The van der Waals surface area contributed by atoms with E-state index in [9.17, 15) is 13.9 Å². The summed E-state index contributed by atoms with van der Waals surface area (Å²) in [5, 5.41) is 14.9. The van der Waals surface area contributed by atoms with Gasteiger partial charge in [0.25, 0.3) is 0 Å². The van der Waals surface area contributed by atoms with Gasteiger partial charge in [-0.1, -0.05) is 0 Å². The van der Waals surface area contributed by atoms with E-state index in [2.05, 4.69) is 5.32 Å². The van der Waals surface area contributed by atoms with Crippen molar-refractivity contribution in [2.75, 3.05) is 13.1 Å². The van der Waals surface area contributed by atoms with Gasteiger partial charge in [-0.3, -0.25) is 0 Å². The lowest BCUT2D eigenvalue weighted by Crippen LogP contribution is -2.41. The Morgan fingerprint density at radius 3 is 2.09 bits per heavy atom. The Morgan fingerprint density at radius 1 is 1.00 bits per heavy atom. The van der Waals surface area contributed by atoms with Crippen LogP contribution >= 0.6 is 12.4 Å². The molecule has 3 aromatic rings. The summed E-state index contributed by atoms with van der Waals surface area (Å²) in [4.78, 5) is 0. The van der Waals surface area contributed by atoms with Crippen molar-refractivity contribution in [1.82, 2.24) is 9.88 Å². The van der Waals surface area contributed by atoms with Gasteiger partial charge < -0.3 is 15.0 Å². The third-order valence-electron chi connectivity index (χ3n) is 4.47. The smallest absolute Gasteiger partial charge is 0.123 e. The number of aromatic nitrogens is 1. The molecule has 2 N–H and O–H groups in total. The fraction of sp³-hybridized carbons (Fsp3) is 0.294. The van der Waals surface area contributed by atoms with E-state index in [1.165, 1.54) is 24.3 Å². The molecule has 0 bridgehead atoms. The second-order valence-electron chi connectivity index (χ2n) is 5.82. The average Bonchev–Trinajstić information content (AvgIpc) is 2.81. The molecule has 4 rings (SSSR count). The van der Waals surface area contributed by atoms with Gasteiger partial charge in [-0.25, -0.2) is 8.78 Å². The van der Waals surface area contributed by atoms with Crippen molar-refractivity contribution in [3.05, 3.63) is 48.0 Å². The maximum atomic E-state index is 13.6. The fourth-order valence-electron chi connectivity index (χ4n) is 3.48. The van der Waals surface area contributed by atoms with Crippen LogP contribution in [0, 0.1) is 11.6 Å². The number of halogens is 3. The van der Waals surface area contributed by atoms with Crippen LogP contribution < -0.4 is 5.32 Å². The molecule has 0 amide bonds. The van der Waals surface area contributed by atoms with Crippen molar-refractivity contribution >= 4 is 34.2 Å². The first-order valence-electron chi connectivity index (χ1n) is 7.42. The number of aliphatic hydroxyl groups is 1. The van der Waals surface area contributed by atoms with Gasteiger partial charge in [-0.2, -0.15) is 0 Å². The number of piperidine rings is 1. The molecular weight excluding hydrogens is 322 g/mol. The minimum atomic E-state index is -0.525. The van der Waals surface area contributed by atoms with Crippen molar-refractivity contribution in [1.29, 1.82) is 0 Å². The number of β-amino-alcohol motifs (C(OH)–C–C–N with tert-alkyl or cyclic N) is 1. The van der Waals surface area contributed by atoms with Gasteiger partial charge in [0.15, 0.2) is 0 Å². The van der Waals surface area contributed by atoms with Gasteiger partial charge in [0, 0.05) is 28.4 Å². The van der Waals surface area contributed by atoms with E-state index < -0.39 is 6.10 Å². The SMILES string of the molecule is Cl.O[C@H]1CNCC[C@@H]1n1c2ccc(F)cc2c2cc(F)ccc21. The van der Waals surface area contributed by atoms with Crippen molar-refractivity contribution in [3.8, 4) is 0 Å². The standard InChI is InChI=1S/C17H16F2N2O.ClH/c18-10-1-3-14-12(7-10)13-8-11(19)2-4-15(13)21(14)16-5-6-20-9-17(16)22;/h1-4,7-8,16-17,20,22H,5-6,9H2;1H/t16-,17-;/m0./s1. The van der Waals surface area contributed by atoms with Crippen molar-refractivity contribution in [2.24, 2.45) is 0 Å². The van der Waals surface area contributed by atoms with E-state index >= 15 is 0 Å². The number of fused-ring (bicyclic) bond motifs is 3.